The maximum atomic E-state index is 12.2. The van der Waals surface area contributed by atoms with Crippen LogP contribution < -0.4 is 10.1 Å². The summed E-state index contributed by atoms with van der Waals surface area (Å²) in [6.45, 7) is 3.51. The molecule has 0 aliphatic heterocycles. The third-order valence-electron chi connectivity index (χ3n) is 3.23. The van der Waals surface area contributed by atoms with Crippen molar-refractivity contribution in [1.29, 1.82) is 0 Å². The van der Waals surface area contributed by atoms with Crippen molar-refractivity contribution in [3.05, 3.63) is 29.8 Å². The average molecular weight is 273 g/mol. The Morgan fingerprint density at radius 3 is 2.53 bits per heavy atom. The first-order chi connectivity index (χ1) is 8.83. The molecule has 0 aliphatic rings. The predicted octanol–water partition coefficient (Wildman–Crippen LogP) is 2.78. The van der Waals surface area contributed by atoms with Crippen LogP contribution in [0, 0.1) is 5.92 Å². The van der Waals surface area contributed by atoms with E-state index in [0.29, 0.717) is 18.7 Å². The number of benzene rings is 1. The maximum Gasteiger partial charge on any atom is 0.387 e. The lowest BCUT2D eigenvalue weighted by Gasteiger charge is -2.28. The van der Waals surface area contributed by atoms with E-state index in [1.54, 1.807) is 25.1 Å². The molecule has 0 spiro atoms. The number of para-hydroxylation sites is 1. The Hall–Kier alpha value is -1.20. The van der Waals surface area contributed by atoms with E-state index in [4.69, 9.17) is 0 Å². The molecule has 5 heteroatoms. The molecule has 1 rings (SSSR count). The van der Waals surface area contributed by atoms with Crippen LogP contribution in [0.4, 0.5) is 8.78 Å². The zero-order valence-electron chi connectivity index (χ0n) is 11.5. The highest BCUT2D eigenvalue weighted by molar-refractivity contribution is 5.33. The second-order valence-corrected chi connectivity index (χ2v) is 5.10. The minimum absolute atomic E-state index is 0.104. The summed E-state index contributed by atoms with van der Waals surface area (Å²) in [5, 5.41) is 13.1. The van der Waals surface area contributed by atoms with Crippen LogP contribution in [-0.2, 0) is 6.54 Å². The molecular weight excluding hydrogens is 252 g/mol. The van der Waals surface area contributed by atoms with Gasteiger partial charge in [-0.05, 0) is 18.9 Å². The fourth-order valence-corrected chi connectivity index (χ4v) is 1.52. The number of alkyl halides is 2. The minimum atomic E-state index is -2.83. The molecular formula is C14H21F2NO2. The molecule has 0 aromatic heterocycles. The van der Waals surface area contributed by atoms with Gasteiger partial charge >= 0.3 is 6.61 Å². The molecule has 1 atom stereocenters. The Morgan fingerprint density at radius 2 is 1.95 bits per heavy atom. The van der Waals surface area contributed by atoms with Gasteiger partial charge in [-0.25, -0.2) is 0 Å². The third kappa shape index (κ3) is 5.12. The van der Waals surface area contributed by atoms with Crippen LogP contribution in [0.5, 0.6) is 5.75 Å². The summed E-state index contributed by atoms with van der Waals surface area (Å²) >= 11 is 0. The van der Waals surface area contributed by atoms with Crippen LogP contribution in [0.15, 0.2) is 24.3 Å². The van der Waals surface area contributed by atoms with Crippen molar-refractivity contribution in [2.45, 2.75) is 39.5 Å². The van der Waals surface area contributed by atoms with Crippen molar-refractivity contribution in [2.75, 3.05) is 6.54 Å². The Morgan fingerprint density at radius 1 is 1.32 bits per heavy atom. The normalized spacial score (nSPS) is 14.7. The fraction of sp³-hybridized carbons (Fsp3) is 0.571. The van der Waals surface area contributed by atoms with Crippen LogP contribution >= 0.6 is 0 Å². The smallest absolute Gasteiger partial charge is 0.387 e. The number of nitrogens with one attached hydrogen (secondary N) is 1. The lowest BCUT2D eigenvalue weighted by atomic mass is 9.92. The first kappa shape index (κ1) is 15.9. The average Bonchev–Trinajstić information content (AvgIpc) is 2.30. The summed E-state index contributed by atoms with van der Waals surface area (Å²) in [7, 11) is 0. The lowest BCUT2D eigenvalue weighted by Crippen LogP contribution is -2.42. The zero-order chi connectivity index (χ0) is 14.5. The van der Waals surface area contributed by atoms with E-state index in [1.807, 2.05) is 13.8 Å². The Labute approximate surface area is 112 Å². The van der Waals surface area contributed by atoms with Crippen molar-refractivity contribution in [1.82, 2.24) is 5.32 Å². The third-order valence-corrected chi connectivity index (χ3v) is 3.23. The van der Waals surface area contributed by atoms with Gasteiger partial charge in [-0.1, -0.05) is 32.0 Å². The molecule has 0 saturated heterocycles. The molecule has 19 heavy (non-hydrogen) atoms. The van der Waals surface area contributed by atoms with Gasteiger partial charge < -0.3 is 15.2 Å². The van der Waals surface area contributed by atoms with Crippen LogP contribution in [0.3, 0.4) is 0 Å². The summed E-state index contributed by atoms with van der Waals surface area (Å²) in [5.74, 6) is 0.266. The number of halogens is 2. The molecule has 0 fully saturated rings. The van der Waals surface area contributed by atoms with Gasteiger partial charge in [-0.2, -0.15) is 8.78 Å². The van der Waals surface area contributed by atoms with Crippen LogP contribution in [0.1, 0.15) is 26.3 Å². The number of hydrogen-bond donors (Lipinski definition) is 2. The highest BCUT2D eigenvalue weighted by atomic mass is 19.3. The molecule has 3 nitrogen and oxygen atoms in total. The Bertz CT molecular complexity index is 395. The number of ether oxygens (including phenoxy) is 1. The number of rotatable bonds is 7. The van der Waals surface area contributed by atoms with E-state index in [0.717, 1.165) is 0 Å². The largest absolute Gasteiger partial charge is 0.434 e. The lowest BCUT2D eigenvalue weighted by molar-refractivity contribution is -0.0506. The topological polar surface area (TPSA) is 41.5 Å². The van der Waals surface area contributed by atoms with E-state index >= 15 is 0 Å². The highest BCUT2D eigenvalue weighted by Crippen LogP contribution is 2.20. The quantitative estimate of drug-likeness (QED) is 0.802. The van der Waals surface area contributed by atoms with Crippen LogP contribution in [0.2, 0.25) is 0 Å². The Kier molecular flexibility index (Phi) is 5.69. The van der Waals surface area contributed by atoms with Gasteiger partial charge in [-0.3, -0.25) is 0 Å². The molecule has 1 aromatic carbocycles. The fourth-order valence-electron chi connectivity index (χ4n) is 1.52. The molecule has 0 saturated carbocycles. The summed E-state index contributed by atoms with van der Waals surface area (Å²) in [5.41, 5.74) is -0.194. The van der Waals surface area contributed by atoms with Gasteiger partial charge in [0.1, 0.15) is 5.75 Å². The molecule has 1 unspecified atom stereocenters. The Balaban J connectivity index is 2.58. The molecule has 0 amide bonds. The van der Waals surface area contributed by atoms with Crippen molar-refractivity contribution in [3.8, 4) is 5.75 Å². The summed E-state index contributed by atoms with van der Waals surface area (Å²) in [4.78, 5) is 0. The second-order valence-electron chi connectivity index (χ2n) is 5.10. The summed E-state index contributed by atoms with van der Waals surface area (Å²) in [6.07, 6.45) is 0. The van der Waals surface area contributed by atoms with Crippen molar-refractivity contribution in [3.63, 3.8) is 0 Å². The standard InChI is InChI=1S/C14H21F2NO2/c1-10(2)14(3,18)9-17-8-11-6-4-5-7-12(11)19-13(15)16/h4-7,10,13,17-18H,8-9H2,1-3H3. The first-order valence-electron chi connectivity index (χ1n) is 6.28. The van der Waals surface area contributed by atoms with Crippen molar-refractivity contribution >= 4 is 0 Å². The van der Waals surface area contributed by atoms with Crippen LogP contribution in [-0.4, -0.2) is 23.9 Å². The summed E-state index contributed by atoms with van der Waals surface area (Å²) in [6, 6.07) is 6.62. The predicted molar refractivity (Wildman–Crippen MR) is 70.2 cm³/mol. The molecule has 2 N–H and O–H groups in total. The zero-order valence-corrected chi connectivity index (χ0v) is 11.5. The molecule has 108 valence electrons. The van der Waals surface area contributed by atoms with Gasteiger partial charge in [0.25, 0.3) is 0 Å². The van der Waals surface area contributed by atoms with E-state index in [-0.39, 0.29) is 11.7 Å². The molecule has 0 heterocycles. The van der Waals surface area contributed by atoms with Crippen molar-refractivity contribution in [2.24, 2.45) is 5.92 Å². The molecule has 0 radical (unpaired) electrons. The van der Waals surface area contributed by atoms with E-state index in [9.17, 15) is 13.9 Å². The van der Waals surface area contributed by atoms with E-state index < -0.39 is 12.2 Å². The minimum Gasteiger partial charge on any atom is -0.434 e. The molecule has 0 bridgehead atoms. The first-order valence-corrected chi connectivity index (χ1v) is 6.28. The molecule has 1 aromatic rings. The maximum absolute atomic E-state index is 12.2. The SMILES string of the molecule is CC(C)C(C)(O)CNCc1ccccc1OC(F)F. The van der Waals surface area contributed by atoms with Crippen molar-refractivity contribution < 1.29 is 18.6 Å². The molecule has 0 aliphatic carbocycles. The van der Waals surface area contributed by atoms with E-state index in [2.05, 4.69) is 10.1 Å². The van der Waals surface area contributed by atoms with Gasteiger partial charge in [0.05, 0.1) is 5.60 Å². The monoisotopic (exact) mass is 273 g/mol. The van der Waals surface area contributed by atoms with Gasteiger partial charge in [0.15, 0.2) is 0 Å². The highest BCUT2D eigenvalue weighted by Gasteiger charge is 2.24. The van der Waals surface area contributed by atoms with Crippen LogP contribution in [0.25, 0.3) is 0 Å². The second kappa shape index (κ2) is 6.82. The number of aliphatic hydroxyl groups is 1. The van der Waals surface area contributed by atoms with Gasteiger partial charge in [-0.15, -0.1) is 0 Å². The summed E-state index contributed by atoms with van der Waals surface area (Å²) < 4.78 is 28.9. The van der Waals surface area contributed by atoms with Gasteiger partial charge in [0.2, 0.25) is 0 Å². The van der Waals surface area contributed by atoms with E-state index in [1.165, 1.54) is 6.07 Å². The van der Waals surface area contributed by atoms with Gasteiger partial charge in [0, 0.05) is 18.7 Å². The number of hydrogen-bond acceptors (Lipinski definition) is 3.